The molecule has 0 atom stereocenters. The normalized spacial score (nSPS) is 40.0. The topological polar surface area (TPSA) is 56.7 Å². The summed E-state index contributed by atoms with van der Waals surface area (Å²) in [5, 5.41) is 4.82. The first-order chi connectivity index (χ1) is 9.18. The summed E-state index contributed by atoms with van der Waals surface area (Å²) in [6, 6.07) is 0. The molecule has 4 aliphatic rings. The second-order valence-corrected chi connectivity index (χ2v) is 7.17. The average molecular weight is 260 g/mol. The van der Waals surface area contributed by atoms with Gasteiger partial charge in [-0.25, -0.2) is 9.67 Å². The quantitative estimate of drug-likeness (QED) is 0.904. The molecule has 0 aromatic carbocycles. The highest BCUT2D eigenvalue weighted by molar-refractivity contribution is 5.08. The lowest BCUT2D eigenvalue weighted by Crippen LogP contribution is -2.52. The second kappa shape index (κ2) is 4.05. The van der Waals surface area contributed by atoms with Gasteiger partial charge in [-0.1, -0.05) is 0 Å². The monoisotopic (exact) mass is 260 g/mol. The van der Waals surface area contributed by atoms with Crippen LogP contribution in [0.25, 0.3) is 0 Å². The van der Waals surface area contributed by atoms with Gasteiger partial charge in [-0.3, -0.25) is 0 Å². The molecule has 1 heterocycles. The molecule has 19 heavy (non-hydrogen) atoms. The Bertz CT molecular complexity index is 455. The van der Waals surface area contributed by atoms with Crippen LogP contribution in [0.5, 0.6) is 0 Å². The van der Waals surface area contributed by atoms with E-state index >= 15 is 0 Å². The van der Waals surface area contributed by atoms with Crippen molar-refractivity contribution >= 4 is 0 Å². The molecule has 0 amide bonds. The summed E-state index contributed by atoms with van der Waals surface area (Å²) in [5.74, 6) is 4.90. The van der Waals surface area contributed by atoms with Crippen LogP contribution < -0.4 is 5.73 Å². The Morgan fingerprint density at radius 3 is 2.26 bits per heavy atom. The van der Waals surface area contributed by atoms with Crippen molar-refractivity contribution in [3.05, 3.63) is 11.6 Å². The van der Waals surface area contributed by atoms with E-state index in [1.54, 1.807) is 0 Å². The number of rotatable bonds is 3. The van der Waals surface area contributed by atoms with Crippen LogP contribution in [0.1, 0.15) is 50.2 Å². The molecule has 4 saturated carbocycles. The van der Waals surface area contributed by atoms with E-state index in [-0.39, 0.29) is 0 Å². The van der Waals surface area contributed by atoms with E-state index in [0.717, 1.165) is 35.8 Å². The van der Waals surface area contributed by atoms with E-state index in [1.165, 1.54) is 38.5 Å². The van der Waals surface area contributed by atoms with Gasteiger partial charge in [0.2, 0.25) is 0 Å². The summed E-state index contributed by atoms with van der Waals surface area (Å²) < 4.78 is 2.29. The number of nitrogens with zero attached hydrogens (tertiary/aromatic N) is 3. The maximum absolute atomic E-state index is 5.64. The van der Waals surface area contributed by atoms with E-state index in [2.05, 4.69) is 16.6 Å². The molecular weight excluding hydrogens is 236 g/mol. The molecule has 1 aromatic heterocycles. The van der Waals surface area contributed by atoms with Crippen LogP contribution in [-0.2, 0) is 12.0 Å². The maximum Gasteiger partial charge on any atom is 0.152 e. The number of aryl methyl sites for hydroxylation is 1. The molecular formula is C15H24N4. The van der Waals surface area contributed by atoms with Crippen molar-refractivity contribution in [3.8, 4) is 0 Å². The van der Waals surface area contributed by atoms with E-state index in [9.17, 15) is 0 Å². The van der Waals surface area contributed by atoms with Gasteiger partial charge >= 0.3 is 0 Å². The van der Waals surface area contributed by atoms with Crippen molar-refractivity contribution in [2.45, 2.75) is 57.4 Å². The Morgan fingerprint density at radius 1 is 1.16 bits per heavy atom. The predicted octanol–water partition coefficient (Wildman–Crippen LogP) is 2.01. The zero-order chi connectivity index (χ0) is 13.0. The van der Waals surface area contributed by atoms with Crippen molar-refractivity contribution in [3.63, 3.8) is 0 Å². The molecule has 4 nitrogen and oxygen atoms in total. The zero-order valence-corrected chi connectivity index (χ0v) is 11.8. The molecule has 4 bridgehead atoms. The number of hydrogen-bond donors (Lipinski definition) is 1. The first-order valence-corrected chi connectivity index (χ1v) is 7.81. The van der Waals surface area contributed by atoms with Gasteiger partial charge in [0, 0.05) is 6.42 Å². The molecule has 1 aromatic rings. The van der Waals surface area contributed by atoms with Crippen molar-refractivity contribution in [1.29, 1.82) is 0 Å². The number of aromatic nitrogens is 3. The van der Waals surface area contributed by atoms with Gasteiger partial charge in [0.15, 0.2) is 5.82 Å². The lowest BCUT2D eigenvalue weighted by molar-refractivity contribution is -0.0507. The summed E-state index contributed by atoms with van der Waals surface area (Å²) >= 11 is 0. The third kappa shape index (κ3) is 1.76. The first kappa shape index (κ1) is 11.9. The van der Waals surface area contributed by atoms with Crippen LogP contribution >= 0.6 is 0 Å². The molecule has 0 saturated heterocycles. The van der Waals surface area contributed by atoms with Gasteiger partial charge in [-0.15, -0.1) is 0 Å². The lowest BCUT2D eigenvalue weighted by Gasteiger charge is -2.56. The predicted molar refractivity (Wildman–Crippen MR) is 73.7 cm³/mol. The summed E-state index contributed by atoms with van der Waals surface area (Å²) in [7, 11) is 0. The van der Waals surface area contributed by atoms with E-state index in [4.69, 9.17) is 10.8 Å². The fraction of sp³-hybridized carbons (Fsp3) is 0.867. The molecule has 5 rings (SSSR count). The van der Waals surface area contributed by atoms with Gasteiger partial charge in [-0.05, 0) is 69.7 Å². The van der Waals surface area contributed by atoms with Gasteiger partial charge < -0.3 is 5.73 Å². The summed E-state index contributed by atoms with van der Waals surface area (Å²) in [6.45, 7) is 2.76. The molecule has 2 N–H and O–H groups in total. The Balaban J connectivity index is 1.71. The van der Waals surface area contributed by atoms with Crippen LogP contribution in [0, 0.1) is 24.7 Å². The molecule has 4 aliphatic carbocycles. The minimum Gasteiger partial charge on any atom is -0.330 e. The second-order valence-electron chi connectivity index (χ2n) is 7.17. The third-order valence-electron chi connectivity index (χ3n) is 5.64. The van der Waals surface area contributed by atoms with Crippen LogP contribution in [0.2, 0.25) is 0 Å². The molecule has 0 spiro atoms. The van der Waals surface area contributed by atoms with Crippen LogP contribution in [0.15, 0.2) is 0 Å². The zero-order valence-electron chi connectivity index (χ0n) is 11.8. The molecule has 0 unspecified atom stereocenters. The number of nitrogens with two attached hydrogens (primary N) is 1. The molecule has 104 valence electrons. The largest absolute Gasteiger partial charge is 0.330 e. The average Bonchev–Trinajstić information content (AvgIpc) is 2.70. The van der Waals surface area contributed by atoms with E-state index < -0.39 is 0 Å². The Morgan fingerprint density at radius 2 is 1.74 bits per heavy atom. The van der Waals surface area contributed by atoms with Crippen molar-refractivity contribution < 1.29 is 0 Å². The molecule has 0 aliphatic heterocycles. The summed E-state index contributed by atoms with van der Waals surface area (Å²) in [6.07, 6.45) is 9.25. The van der Waals surface area contributed by atoms with Gasteiger partial charge in [0.1, 0.15) is 5.82 Å². The van der Waals surface area contributed by atoms with E-state index in [1.807, 2.05) is 0 Å². The maximum atomic E-state index is 5.64. The first-order valence-electron chi connectivity index (χ1n) is 7.81. The summed E-state index contributed by atoms with van der Waals surface area (Å²) in [5.41, 5.74) is 5.94. The van der Waals surface area contributed by atoms with Crippen LogP contribution in [0.3, 0.4) is 0 Å². The fourth-order valence-corrected chi connectivity index (χ4v) is 5.45. The minimum atomic E-state index is 0.304. The van der Waals surface area contributed by atoms with Gasteiger partial charge in [-0.2, -0.15) is 5.10 Å². The fourth-order valence-electron chi connectivity index (χ4n) is 5.45. The lowest BCUT2D eigenvalue weighted by atomic mass is 9.53. The SMILES string of the molecule is Cc1nc(CCN)nn1C12CC3CC(CC(C3)C1)C2. The smallest absolute Gasteiger partial charge is 0.152 e. The van der Waals surface area contributed by atoms with Crippen molar-refractivity contribution in [1.82, 2.24) is 14.8 Å². The highest BCUT2D eigenvalue weighted by Gasteiger charge is 2.52. The Hall–Kier alpha value is -0.900. The van der Waals surface area contributed by atoms with Gasteiger partial charge in [0.25, 0.3) is 0 Å². The highest BCUT2D eigenvalue weighted by Crippen LogP contribution is 2.58. The van der Waals surface area contributed by atoms with Crippen molar-refractivity contribution in [2.75, 3.05) is 6.54 Å². The van der Waals surface area contributed by atoms with E-state index in [0.29, 0.717) is 12.1 Å². The van der Waals surface area contributed by atoms with Crippen LogP contribution in [0.4, 0.5) is 0 Å². The Labute approximate surface area is 114 Å². The Kier molecular flexibility index (Phi) is 2.53. The molecule has 4 heteroatoms. The third-order valence-corrected chi connectivity index (χ3v) is 5.64. The minimum absolute atomic E-state index is 0.304. The summed E-state index contributed by atoms with van der Waals surface area (Å²) in [4.78, 5) is 4.63. The molecule has 0 radical (unpaired) electrons. The van der Waals surface area contributed by atoms with Gasteiger partial charge in [0.05, 0.1) is 5.54 Å². The standard InChI is InChI=1S/C15H24N4/c1-10-17-14(2-3-16)18-19(10)15-7-11-4-12(8-15)6-13(5-11)9-15/h11-13H,2-9,16H2,1H3. The highest BCUT2D eigenvalue weighted by atomic mass is 15.4. The molecule has 4 fully saturated rings. The van der Waals surface area contributed by atoms with Crippen LogP contribution in [-0.4, -0.2) is 21.3 Å². The van der Waals surface area contributed by atoms with Crippen molar-refractivity contribution in [2.24, 2.45) is 23.5 Å². The number of hydrogen-bond acceptors (Lipinski definition) is 3.